The van der Waals surface area contributed by atoms with Gasteiger partial charge < -0.3 is 0 Å². The van der Waals surface area contributed by atoms with Crippen molar-refractivity contribution in [1.29, 1.82) is 0 Å². The van der Waals surface area contributed by atoms with Gasteiger partial charge in [-0.3, -0.25) is 18.8 Å². The Bertz CT molecular complexity index is 1320. The van der Waals surface area contributed by atoms with E-state index < -0.39 is 29.5 Å². The fourth-order valence-corrected chi connectivity index (χ4v) is 7.96. The molecule has 2 aromatic rings. The van der Waals surface area contributed by atoms with Crippen molar-refractivity contribution in [2.24, 2.45) is 23.7 Å². The Morgan fingerprint density at radius 1 is 0.976 bits per heavy atom. The van der Waals surface area contributed by atoms with Crippen molar-refractivity contribution in [3.8, 4) is 0 Å². The molecule has 2 aromatic heterocycles. The molecule has 234 valence electrons. The van der Waals surface area contributed by atoms with Gasteiger partial charge in [0.05, 0.1) is 29.8 Å². The van der Waals surface area contributed by atoms with E-state index in [2.05, 4.69) is 22.8 Å². The van der Waals surface area contributed by atoms with Gasteiger partial charge in [0, 0.05) is 31.5 Å². The maximum atomic E-state index is 14.3. The number of piperidine rings is 1. The summed E-state index contributed by atoms with van der Waals surface area (Å²) in [6.07, 6.45) is 1.12. The minimum atomic E-state index is -4.72. The maximum Gasteiger partial charge on any atom is 0.418 e. The number of hydrogen-bond acceptors (Lipinski definition) is 5. The molecule has 13 heteroatoms. The van der Waals surface area contributed by atoms with E-state index >= 15 is 0 Å². The van der Waals surface area contributed by atoms with Crippen LogP contribution in [0.2, 0.25) is 0 Å². The van der Waals surface area contributed by atoms with Gasteiger partial charge in [-0.2, -0.15) is 26.3 Å². The fourth-order valence-electron chi connectivity index (χ4n) is 7.96. The van der Waals surface area contributed by atoms with Crippen LogP contribution in [0.4, 0.5) is 26.3 Å². The van der Waals surface area contributed by atoms with Crippen LogP contribution < -0.4 is 16.5 Å². The van der Waals surface area contributed by atoms with Gasteiger partial charge in [0.25, 0.3) is 0 Å². The third-order valence-corrected chi connectivity index (χ3v) is 10.3. The maximum absolute atomic E-state index is 14.3. The first-order valence-corrected chi connectivity index (χ1v) is 15.2. The first-order chi connectivity index (χ1) is 19.9. The molecule has 2 saturated heterocycles. The average molecular weight is 603 g/mol. The topological polar surface area (TPSA) is 56.9 Å². The van der Waals surface area contributed by atoms with Gasteiger partial charge in [-0.15, -0.1) is 0 Å². The SMILES string of the molecule is CN1CNNC1[C@H](C1CCC1)C1CCCC(n2cc3c(C(F)(F)F)cc(CN4CCC[C@@H](C(F)(F)F)C4)cn3c2=O)C1. The number of halogens is 6. The molecule has 3 unspecified atom stereocenters. The lowest BCUT2D eigenvalue weighted by molar-refractivity contribution is -0.187. The van der Waals surface area contributed by atoms with E-state index in [-0.39, 0.29) is 42.8 Å². The second-order valence-corrected chi connectivity index (χ2v) is 13.0. The summed E-state index contributed by atoms with van der Waals surface area (Å²) >= 11 is 0. The van der Waals surface area contributed by atoms with Crippen molar-refractivity contribution in [3.05, 3.63) is 40.1 Å². The molecule has 42 heavy (non-hydrogen) atoms. The van der Waals surface area contributed by atoms with Crippen molar-refractivity contribution in [2.45, 2.75) is 88.9 Å². The zero-order valence-corrected chi connectivity index (χ0v) is 23.9. The van der Waals surface area contributed by atoms with Gasteiger partial charge in [-0.05, 0) is 75.1 Å². The van der Waals surface area contributed by atoms with Crippen LogP contribution in [-0.4, -0.2) is 57.9 Å². The van der Waals surface area contributed by atoms with Gasteiger partial charge in [-0.1, -0.05) is 25.7 Å². The number of rotatable bonds is 6. The first kappa shape index (κ1) is 30.0. The van der Waals surface area contributed by atoms with E-state index in [1.807, 2.05) is 0 Å². The van der Waals surface area contributed by atoms with Crippen LogP contribution in [0, 0.1) is 23.7 Å². The predicted molar refractivity (Wildman–Crippen MR) is 145 cm³/mol. The number of alkyl halides is 6. The molecular weight excluding hydrogens is 562 g/mol. The summed E-state index contributed by atoms with van der Waals surface area (Å²) in [5.41, 5.74) is 5.19. The van der Waals surface area contributed by atoms with Gasteiger partial charge in [0.2, 0.25) is 0 Å². The van der Waals surface area contributed by atoms with E-state index in [9.17, 15) is 31.1 Å². The summed E-state index contributed by atoms with van der Waals surface area (Å²) in [4.78, 5) is 17.5. The van der Waals surface area contributed by atoms with Gasteiger partial charge in [0.15, 0.2) is 0 Å². The average Bonchev–Trinajstić information content (AvgIpc) is 3.47. The van der Waals surface area contributed by atoms with Gasteiger partial charge in [-0.25, -0.2) is 15.6 Å². The Hall–Kier alpha value is -2.09. The van der Waals surface area contributed by atoms with E-state index in [1.54, 1.807) is 4.90 Å². The number of likely N-dealkylation sites (tertiary alicyclic amines) is 1. The Morgan fingerprint density at radius 2 is 1.71 bits per heavy atom. The number of nitrogens with one attached hydrogen (secondary N) is 2. The second kappa shape index (κ2) is 11.4. The van der Waals surface area contributed by atoms with Crippen LogP contribution in [0.1, 0.15) is 75.0 Å². The van der Waals surface area contributed by atoms with Crippen LogP contribution in [0.5, 0.6) is 0 Å². The van der Waals surface area contributed by atoms with E-state index in [1.165, 1.54) is 36.2 Å². The van der Waals surface area contributed by atoms with Crippen LogP contribution >= 0.6 is 0 Å². The molecule has 2 aliphatic carbocycles. The molecule has 0 amide bonds. The van der Waals surface area contributed by atoms with Gasteiger partial charge in [0.1, 0.15) is 0 Å². The third-order valence-electron chi connectivity index (χ3n) is 10.3. The highest BCUT2D eigenvalue weighted by atomic mass is 19.4. The van der Waals surface area contributed by atoms with E-state index in [4.69, 9.17) is 0 Å². The molecule has 2 N–H and O–H groups in total. The molecule has 2 aliphatic heterocycles. The standard InChI is InChI=1S/C29H40F6N6O/c1-38-17-36-37-26(38)25(19-5-2-6-19)20-7-3-9-22(12-20)40-16-24-23(29(33,34)35)11-18(14-41(24)27(40)42)13-39-10-4-8-21(15-39)28(30,31)32/h11,14,16,19-22,25-26,36-37H,2-10,12-13,15,17H2,1H3/t20?,21-,22?,25-,26?/m1/s1. The van der Waals surface area contributed by atoms with Crippen molar-refractivity contribution >= 4 is 5.52 Å². The molecule has 0 spiro atoms. The molecule has 0 radical (unpaired) electrons. The summed E-state index contributed by atoms with van der Waals surface area (Å²) in [5, 5.41) is 0. The monoisotopic (exact) mass is 602 g/mol. The van der Waals surface area contributed by atoms with Gasteiger partial charge >= 0.3 is 18.0 Å². The summed E-state index contributed by atoms with van der Waals surface area (Å²) in [6.45, 7) is 0.776. The van der Waals surface area contributed by atoms with Crippen LogP contribution in [0.3, 0.4) is 0 Å². The highest BCUT2D eigenvalue weighted by Gasteiger charge is 2.44. The summed E-state index contributed by atoms with van der Waals surface area (Å²) in [5.74, 6) is -0.192. The zero-order valence-electron chi connectivity index (χ0n) is 23.9. The fraction of sp³-hybridized carbons (Fsp3) is 0.759. The Morgan fingerprint density at radius 3 is 2.36 bits per heavy atom. The number of fused-ring (bicyclic) bond motifs is 1. The number of pyridine rings is 1. The zero-order chi connectivity index (χ0) is 29.8. The largest absolute Gasteiger partial charge is 0.418 e. The summed E-state index contributed by atoms with van der Waals surface area (Å²) in [6, 6.07) is 0.791. The highest BCUT2D eigenvalue weighted by Crippen LogP contribution is 2.47. The predicted octanol–water partition coefficient (Wildman–Crippen LogP) is 5.36. The van der Waals surface area contributed by atoms with Crippen molar-refractivity contribution in [3.63, 3.8) is 0 Å². The van der Waals surface area contributed by atoms with E-state index in [0.29, 0.717) is 30.7 Å². The Balaban J connectivity index is 1.29. The van der Waals surface area contributed by atoms with Crippen molar-refractivity contribution in [1.82, 2.24) is 29.6 Å². The van der Waals surface area contributed by atoms with E-state index in [0.717, 1.165) is 42.8 Å². The Labute approximate surface area is 241 Å². The highest BCUT2D eigenvalue weighted by molar-refractivity contribution is 5.56. The first-order valence-electron chi connectivity index (χ1n) is 15.2. The lowest BCUT2D eigenvalue weighted by atomic mass is 9.65. The van der Waals surface area contributed by atoms with Crippen molar-refractivity contribution in [2.75, 3.05) is 26.8 Å². The number of imidazole rings is 1. The second-order valence-electron chi connectivity index (χ2n) is 13.0. The van der Waals surface area contributed by atoms with Crippen LogP contribution in [0.25, 0.3) is 5.52 Å². The van der Waals surface area contributed by atoms with Crippen LogP contribution in [0.15, 0.2) is 23.3 Å². The molecule has 4 fully saturated rings. The minimum absolute atomic E-state index is 0.0166. The number of nitrogens with zero attached hydrogens (tertiary/aromatic N) is 4. The summed E-state index contributed by atoms with van der Waals surface area (Å²) in [7, 11) is 2.08. The molecule has 7 nitrogen and oxygen atoms in total. The lowest BCUT2D eigenvalue weighted by Crippen LogP contribution is -2.50. The molecule has 4 aliphatic rings. The smallest absolute Gasteiger partial charge is 0.298 e. The lowest BCUT2D eigenvalue weighted by Gasteiger charge is -2.46. The molecule has 2 saturated carbocycles. The molecule has 4 heterocycles. The Kier molecular flexibility index (Phi) is 8.16. The molecule has 0 bridgehead atoms. The van der Waals surface area contributed by atoms with Crippen molar-refractivity contribution < 1.29 is 26.3 Å². The number of hydrogen-bond donors (Lipinski definition) is 2. The third kappa shape index (κ3) is 5.86. The molecular formula is C29H40F6N6O. The normalized spacial score (nSPS) is 29.7. The van der Waals surface area contributed by atoms with Crippen LogP contribution in [-0.2, 0) is 12.7 Å². The number of hydrazine groups is 1. The molecule has 6 rings (SSSR count). The molecule has 5 atom stereocenters. The summed E-state index contributed by atoms with van der Waals surface area (Å²) < 4.78 is 85.4. The number of aromatic nitrogens is 2. The minimum Gasteiger partial charge on any atom is -0.298 e. The molecule has 0 aromatic carbocycles. The quantitative estimate of drug-likeness (QED) is 0.436.